The molecule has 5 heteroatoms. The lowest BCUT2D eigenvalue weighted by Gasteiger charge is -2.22. The second-order valence-corrected chi connectivity index (χ2v) is 5.76. The van der Waals surface area contributed by atoms with E-state index in [1.165, 1.54) is 0 Å². The van der Waals surface area contributed by atoms with Crippen molar-refractivity contribution in [1.29, 1.82) is 0 Å². The van der Waals surface area contributed by atoms with Gasteiger partial charge < -0.3 is 19.9 Å². The average Bonchev–Trinajstić information content (AvgIpc) is 2.85. The number of rotatable bonds is 6. The molecule has 0 aromatic heterocycles. The van der Waals surface area contributed by atoms with Gasteiger partial charge in [-0.25, -0.2) is 0 Å². The number of halogens is 1. The summed E-state index contributed by atoms with van der Waals surface area (Å²) in [6.07, 6.45) is 3.99. The smallest absolute Gasteiger partial charge is 0.179 e. The van der Waals surface area contributed by atoms with Crippen LogP contribution in [0.3, 0.4) is 0 Å². The van der Waals surface area contributed by atoms with E-state index in [0.717, 1.165) is 31.2 Å². The van der Waals surface area contributed by atoms with Gasteiger partial charge in [0.05, 0.1) is 24.8 Å². The van der Waals surface area contributed by atoms with Crippen LogP contribution in [0.2, 0.25) is 5.02 Å². The first-order chi connectivity index (χ1) is 9.58. The van der Waals surface area contributed by atoms with Crippen LogP contribution in [0.15, 0.2) is 12.1 Å². The molecule has 1 saturated carbocycles. The van der Waals surface area contributed by atoms with Gasteiger partial charge in [-0.1, -0.05) is 24.4 Å². The van der Waals surface area contributed by atoms with Gasteiger partial charge in [-0.2, -0.15) is 0 Å². The van der Waals surface area contributed by atoms with Crippen LogP contribution in [0.25, 0.3) is 0 Å². The van der Waals surface area contributed by atoms with Gasteiger partial charge in [0.1, 0.15) is 0 Å². The second-order valence-electron chi connectivity index (χ2n) is 5.35. The summed E-state index contributed by atoms with van der Waals surface area (Å²) in [5.74, 6) is 1.17. The predicted octanol–water partition coefficient (Wildman–Crippen LogP) is 2.75. The van der Waals surface area contributed by atoms with Gasteiger partial charge in [-0.15, -0.1) is 0 Å². The Bertz CT molecular complexity index is 459. The maximum atomic E-state index is 10.3. The molecule has 0 radical (unpaired) electrons. The van der Waals surface area contributed by atoms with Crippen molar-refractivity contribution in [2.24, 2.45) is 0 Å². The predicted molar refractivity (Wildman–Crippen MR) is 79.7 cm³/mol. The first-order valence-corrected chi connectivity index (χ1v) is 7.29. The third kappa shape index (κ3) is 3.57. The van der Waals surface area contributed by atoms with E-state index in [4.69, 9.17) is 21.1 Å². The van der Waals surface area contributed by atoms with Gasteiger partial charge >= 0.3 is 0 Å². The summed E-state index contributed by atoms with van der Waals surface area (Å²) in [6, 6.07) is 3.75. The lowest BCUT2D eigenvalue weighted by atomic mass is 10.0. The Morgan fingerprint density at radius 2 is 1.95 bits per heavy atom. The molecule has 0 heterocycles. The zero-order valence-electron chi connectivity index (χ0n) is 12.0. The lowest BCUT2D eigenvalue weighted by molar-refractivity contribution is 0.0475. The summed E-state index contributed by atoms with van der Waals surface area (Å²) in [5.41, 5.74) is 0.467. The normalized spacial score (nSPS) is 17.2. The molecule has 0 atom stereocenters. The molecular weight excluding hydrogens is 278 g/mol. The van der Waals surface area contributed by atoms with Crippen LogP contribution < -0.4 is 14.8 Å². The van der Waals surface area contributed by atoms with Crippen molar-refractivity contribution in [1.82, 2.24) is 5.32 Å². The summed E-state index contributed by atoms with van der Waals surface area (Å²) in [7, 11) is 3.16. The van der Waals surface area contributed by atoms with E-state index in [1.807, 2.05) is 12.1 Å². The molecule has 0 unspecified atom stereocenters. The molecule has 20 heavy (non-hydrogen) atoms. The molecule has 1 fully saturated rings. The summed E-state index contributed by atoms with van der Waals surface area (Å²) in [4.78, 5) is 0. The van der Waals surface area contributed by atoms with Crippen molar-refractivity contribution < 1.29 is 14.6 Å². The molecule has 2 N–H and O–H groups in total. The molecule has 2 rings (SSSR count). The molecule has 0 saturated heterocycles. The van der Waals surface area contributed by atoms with Gasteiger partial charge in [0.2, 0.25) is 0 Å². The summed E-state index contributed by atoms with van der Waals surface area (Å²) >= 11 is 6.16. The van der Waals surface area contributed by atoms with E-state index in [1.54, 1.807) is 14.2 Å². The molecule has 0 aliphatic heterocycles. The fourth-order valence-corrected chi connectivity index (χ4v) is 3.03. The Morgan fingerprint density at radius 1 is 1.25 bits per heavy atom. The van der Waals surface area contributed by atoms with Crippen molar-refractivity contribution in [3.63, 3.8) is 0 Å². The standard InChI is InChI=1S/C15H22ClNO3/c1-19-13-8-11(7-12(16)14(13)20-2)9-17-10-15(18)5-3-4-6-15/h7-8,17-18H,3-6,9-10H2,1-2H3. The molecule has 0 bridgehead atoms. The Morgan fingerprint density at radius 3 is 2.55 bits per heavy atom. The van der Waals surface area contributed by atoms with Crippen LogP contribution in [0.1, 0.15) is 31.2 Å². The van der Waals surface area contributed by atoms with Crippen LogP contribution in [-0.2, 0) is 6.54 Å². The van der Waals surface area contributed by atoms with Gasteiger partial charge in [0.25, 0.3) is 0 Å². The minimum Gasteiger partial charge on any atom is -0.493 e. The topological polar surface area (TPSA) is 50.7 Å². The van der Waals surface area contributed by atoms with Gasteiger partial charge in [0.15, 0.2) is 11.5 Å². The fourth-order valence-electron chi connectivity index (χ4n) is 2.72. The highest BCUT2D eigenvalue weighted by Crippen LogP contribution is 2.36. The van der Waals surface area contributed by atoms with Crippen molar-refractivity contribution in [3.8, 4) is 11.5 Å². The first kappa shape index (κ1) is 15.4. The number of aliphatic hydroxyl groups is 1. The van der Waals surface area contributed by atoms with Crippen molar-refractivity contribution >= 4 is 11.6 Å². The zero-order valence-corrected chi connectivity index (χ0v) is 12.8. The second kappa shape index (κ2) is 6.66. The summed E-state index contributed by atoms with van der Waals surface area (Å²) in [6.45, 7) is 1.25. The molecule has 1 aliphatic rings. The number of methoxy groups -OCH3 is 2. The van der Waals surface area contributed by atoms with E-state index >= 15 is 0 Å². The summed E-state index contributed by atoms with van der Waals surface area (Å²) < 4.78 is 10.5. The minimum absolute atomic E-state index is 0.531. The van der Waals surface area contributed by atoms with E-state index in [0.29, 0.717) is 29.6 Å². The average molecular weight is 300 g/mol. The van der Waals surface area contributed by atoms with Gasteiger partial charge in [-0.3, -0.25) is 0 Å². The largest absolute Gasteiger partial charge is 0.493 e. The molecule has 1 aliphatic carbocycles. The van der Waals surface area contributed by atoms with Crippen LogP contribution in [-0.4, -0.2) is 31.5 Å². The van der Waals surface area contributed by atoms with E-state index in [2.05, 4.69) is 5.32 Å². The van der Waals surface area contributed by atoms with Crippen LogP contribution in [0.4, 0.5) is 0 Å². The monoisotopic (exact) mass is 299 g/mol. The Hall–Kier alpha value is -0.970. The van der Waals surface area contributed by atoms with Gasteiger partial charge in [-0.05, 0) is 30.5 Å². The molecule has 112 valence electrons. The Balaban J connectivity index is 1.97. The molecule has 1 aromatic rings. The number of hydrogen-bond donors (Lipinski definition) is 2. The van der Waals surface area contributed by atoms with Crippen LogP contribution in [0.5, 0.6) is 11.5 Å². The van der Waals surface area contributed by atoms with Crippen molar-refractivity contribution in [2.75, 3.05) is 20.8 Å². The first-order valence-electron chi connectivity index (χ1n) is 6.91. The molecule has 0 amide bonds. The van der Waals surface area contributed by atoms with Crippen molar-refractivity contribution in [3.05, 3.63) is 22.7 Å². The van der Waals surface area contributed by atoms with E-state index < -0.39 is 5.60 Å². The molecule has 1 aromatic carbocycles. The maximum Gasteiger partial charge on any atom is 0.179 e. The van der Waals surface area contributed by atoms with E-state index in [9.17, 15) is 5.11 Å². The quantitative estimate of drug-likeness (QED) is 0.848. The highest BCUT2D eigenvalue weighted by Gasteiger charge is 2.30. The fraction of sp³-hybridized carbons (Fsp3) is 0.600. The highest BCUT2D eigenvalue weighted by atomic mass is 35.5. The van der Waals surface area contributed by atoms with Crippen molar-refractivity contribution in [2.45, 2.75) is 37.8 Å². The van der Waals surface area contributed by atoms with Crippen LogP contribution >= 0.6 is 11.6 Å². The number of hydrogen-bond acceptors (Lipinski definition) is 4. The number of ether oxygens (including phenoxy) is 2. The molecule has 0 spiro atoms. The lowest BCUT2D eigenvalue weighted by Crippen LogP contribution is -2.37. The Kier molecular flexibility index (Phi) is 5.13. The van der Waals surface area contributed by atoms with Crippen LogP contribution in [0, 0.1) is 0 Å². The third-order valence-electron chi connectivity index (χ3n) is 3.81. The highest BCUT2D eigenvalue weighted by molar-refractivity contribution is 6.32. The van der Waals surface area contributed by atoms with E-state index in [-0.39, 0.29) is 0 Å². The zero-order chi connectivity index (χ0) is 14.6. The Labute approximate surface area is 125 Å². The SMILES string of the molecule is COc1cc(CNCC2(O)CCCC2)cc(Cl)c1OC. The molecule has 4 nitrogen and oxygen atoms in total. The minimum atomic E-state index is -0.541. The number of nitrogens with one attached hydrogen (secondary N) is 1. The number of benzene rings is 1. The third-order valence-corrected chi connectivity index (χ3v) is 4.09. The van der Waals surface area contributed by atoms with Gasteiger partial charge in [0, 0.05) is 13.1 Å². The molecular formula is C15H22ClNO3. The maximum absolute atomic E-state index is 10.3. The summed E-state index contributed by atoms with van der Waals surface area (Å²) in [5, 5.41) is 14.1.